The van der Waals surface area contributed by atoms with E-state index in [2.05, 4.69) is 16.0 Å². The molecule has 4 rings (SSSR count). The average Bonchev–Trinajstić information content (AvgIpc) is 2.77. The number of aryl methyl sites for hydroxylation is 1. The van der Waals surface area contributed by atoms with Crippen molar-refractivity contribution in [3.8, 4) is 0 Å². The van der Waals surface area contributed by atoms with E-state index < -0.39 is 11.7 Å². The number of anilines is 3. The molecule has 0 saturated heterocycles. The summed E-state index contributed by atoms with van der Waals surface area (Å²) in [6, 6.07) is 21.5. The lowest BCUT2D eigenvalue weighted by atomic mass is 10.1. The highest BCUT2D eigenvalue weighted by molar-refractivity contribution is 6.31. The van der Waals surface area contributed by atoms with Gasteiger partial charge in [0.15, 0.2) is 5.69 Å². The van der Waals surface area contributed by atoms with Crippen molar-refractivity contribution in [2.75, 3.05) is 16.0 Å². The van der Waals surface area contributed by atoms with E-state index in [1.807, 2.05) is 49.4 Å². The molecule has 0 aliphatic heterocycles. The summed E-state index contributed by atoms with van der Waals surface area (Å²) in [6.07, 6.45) is 0. The van der Waals surface area contributed by atoms with E-state index in [0.717, 1.165) is 11.1 Å². The maximum absolute atomic E-state index is 12.7. The highest BCUT2D eigenvalue weighted by atomic mass is 35.5. The fourth-order valence-corrected chi connectivity index (χ4v) is 3.36. The summed E-state index contributed by atoms with van der Waals surface area (Å²) in [6.45, 7) is 2.34. The van der Waals surface area contributed by atoms with Gasteiger partial charge in [-0.1, -0.05) is 60.1 Å². The van der Waals surface area contributed by atoms with Gasteiger partial charge in [-0.15, -0.1) is 0 Å². The van der Waals surface area contributed by atoms with Gasteiger partial charge in [-0.3, -0.25) is 5.32 Å². The second kappa shape index (κ2) is 8.93. The zero-order chi connectivity index (χ0) is 21.8. The van der Waals surface area contributed by atoms with Crippen molar-refractivity contribution in [1.82, 2.24) is 0 Å². The van der Waals surface area contributed by atoms with Crippen LogP contribution in [0, 0.1) is 6.92 Å². The normalized spacial score (nSPS) is 10.6. The Hall–Kier alpha value is -3.77. The van der Waals surface area contributed by atoms with Crippen LogP contribution in [0.4, 0.5) is 21.9 Å². The first-order chi connectivity index (χ1) is 15.0. The van der Waals surface area contributed by atoms with Gasteiger partial charge >= 0.3 is 11.7 Å². The predicted octanol–water partition coefficient (Wildman–Crippen LogP) is 6.01. The zero-order valence-electron chi connectivity index (χ0n) is 16.7. The minimum Gasteiger partial charge on any atom is -0.421 e. The molecule has 3 aromatic carbocycles. The highest BCUT2D eigenvalue weighted by Gasteiger charge is 2.17. The Morgan fingerprint density at radius 1 is 0.935 bits per heavy atom. The van der Waals surface area contributed by atoms with E-state index in [9.17, 15) is 9.59 Å². The molecule has 7 heteroatoms. The topological polar surface area (TPSA) is 83.4 Å². The lowest BCUT2D eigenvalue weighted by Gasteiger charge is -2.15. The summed E-state index contributed by atoms with van der Waals surface area (Å²) in [5.74, 6) is 0. The first-order valence-electron chi connectivity index (χ1n) is 9.69. The van der Waals surface area contributed by atoms with Crippen LogP contribution < -0.4 is 21.6 Å². The van der Waals surface area contributed by atoms with E-state index in [4.69, 9.17) is 16.0 Å². The maximum Gasteiger partial charge on any atom is 0.362 e. The minimum atomic E-state index is -0.647. The van der Waals surface area contributed by atoms with Crippen LogP contribution in [0.25, 0.3) is 11.0 Å². The molecule has 3 N–H and O–H groups in total. The zero-order valence-corrected chi connectivity index (χ0v) is 17.5. The molecular weight excluding hydrogens is 414 g/mol. The van der Waals surface area contributed by atoms with Gasteiger partial charge in [0.05, 0.1) is 5.69 Å². The van der Waals surface area contributed by atoms with Crippen molar-refractivity contribution in [2.24, 2.45) is 0 Å². The summed E-state index contributed by atoms with van der Waals surface area (Å²) < 4.78 is 5.41. The highest BCUT2D eigenvalue weighted by Crippen LogP contribution is 2.29. The van der Waals surface area contributed by atoms with Crippen molar-refractivity contribution in [1.29, 1.82) is 0 Å². The SMILES string of the molecule is Cc1ccc(NC(=O)Nc2c(NCc3ccccc3)c3ccccc3oc2=O)cc1Cl. The van der Waals surface area contributed by atoms with Crippen LogP contribution in [-0.2, 0) is 6.54 Å². The van der Waals surface area contributed by atoms with E-state index in [0.29, 0.717) is 33.9 Å². The first-order valence-corrected chi connectivity index (χ1v) is 10.1. The molecule has 6 nitrogen and oxygen atoms in total. The minimum absolute atomic E-state index is 0.0327. The predicted molar refractivity (Wildman–Crippen MR) is 125 cm³/mol. The van der Waals surface area contributed by atoms with Gasteiger partial charge in [0.1, 0.15) is 5.58 Å². The van der Waals surface area contributed by atoms with Gasteiger partial charge in [-0.25, -0.2) is 9.59 Å². The number of hydrogen-bond acceptors (Lipinski definition) is 4. The van der Waals surface area contributed by atoms with Crippen molar-refractivity contribution in [2.45, 2.75) is 13.5 Å². The summed E-state index contributed by atoms with van der Waals surface area (Å²) in [5, 5.41) is 9.82. The Labute approximate surface area is 183 Å². The number of hydrogen-bond donors (Lipinski definition) is 3. The van der Waals surface area contributed by atoms with E-state index in [1.54, 1.807) is 30.3 Å². The van der Waals surface area contributed by atoms with E-state index in [1.165, 1.54) is 0 Å². The summed E-state index contributed by atoms with van der Waals surface area (Å²) in [4.78, 5) is 25.3. The number of rotatable bonds is 5. The largest absolute Gasteiger partial charge is 0.421 e. The number of carbonyl (C=O) groups excluding carboxylic acids is 1. The number of amides is 2. The molecule has 0 spiro atoms. The van der Waals surface area contributed by atoms with Gasteiger partial charge in [0.25, 0.3) is 0 Å². The molecule has 1 aromatic heterocycles. The average molecular weight is 434 g/mol. The number of halogens is 1. The molecule has 1 heterocycles. The van der Waals surface area contributed by atoms with Crippen LogP contribution in [0.5, 0.6) is 0 Å². The van der Waals surface area contributed by atoms with Gasteiger partial charge in [-0.05, 0) is 42.3 Å². The number of fused-ring (bicyclic) bond motifs is 1. The molecule has 0 fully saturated rings. The smallest absolute Gasteiger partial charge is 0.362 e. The summed E-state index contributed by atoms with van der Waals surface area (Å²) >= 11 is 6.13. The molecule has 2 amide bonds. The fourth-order valence-electron chi connectivity index (χ4n) is 3.18. The van der Waals surface area contributed by atoms with Gasteiger partial charge < -0.3 is 15.1 Å². The number of carbonyl (C=O) groups is 1. The van der Waals surface area contributed by atoms with Crippen LogP contribution >= 0.6 is 11.6 Å². The summed E-state index contributed by atoms with van der Waals surface area (Å²) in [5.41, 5.74) is 2.75. The third-order valence-corrected chi connectivity index (χ3v) is 5.20. The Bertz CT molecular complexity index is 1300. The van der Waals surface area contributed by atoms with Crippen molar-refractivity contribution in [3.63, 3.8) is 0 Å². The van der Waals surface area contributed by atoms with Gasteiger partial charge in [0, 0.05) is 22.6 Å². The van der Waals surface area contributed by atoms with Gasteiger partial charge in [0.2, 0.25) is 0 Å². The van der Waals surface area contributed by atoms with E-state index in [-0.39, 0.29) is 5.69 Å². The molecule has 0 unspecified atom stereocenters. The second-order valence-electron chi connectivity index (χ2n) is 7.02. The number of benzene rings is 3. The van der Waals surface area contributed by atoms with Crippen LogP contribution in [-0.4, -0.2) is 6.03 Å². The number of urea groups is 1. The van der Waals surface area contributed by atoms with Crippen LogP contribution in [0.1, 0.15) is 11.1 Å². The fraction of sp³-hybridized carbons (Fsp3) is 0.0833. The van der Waals surface area contributed by atoms with Crippen molar-refractivity contribution < 1.29 is 9.21 Å². The first kappa shape index (κ1) is 20.5. The Morgan fingerprint density at radius 2 is 1.68 bits per heavy atom. The number of para-hydroxylation sites is 1. The summed E-state index contributed by atoms with van der Waals surface area (Å²) in [7, 11) is 0. The molecule has 156 valence electrons. The van der Waals surface area contributed by atoms with Crippen molar-refractivity contribution >= 4 is 45.7 Å². The lowest BCUT2D eigenvalue weighted by Crippen LogP contribution is -2.24. The molecule has 31 heavy (non-hydrogen) atoms. The Morgan fingerprint density at radius 3 is 2.45 bits per heavy atom. The Balaban J connectivity index is 1.65. The third kappa shape index (κ3) is 4.70. The molecule has 0 atom stereocenters. The monoisotopic (exact) mass is 433 g/mol. The Kier molecular flexibility index (Phi) is 5.91. The van der Waals surface area contributed by atoms with E-state index >= 15 is 0 Å². The number of nitrogens with one attached hydrogen (secondary N) is 3. The second-order valence-corrected chi connectivity index (χ2v) is 7.43. The van der Waals surface area contributed by atoms with Gasteiger partial charge in [-0.2, -0.15) is 0 Å². The molecule has 0 aliphatic carbocycles. The standard InChI is InChI=1S/C24H20ClN3O3/c1-15-11-12-17(13-19(15)25)27-24(30)28-22-21(26-14-16-7-3-2-4-8-16)18-9-5-6-10-20(18)31-23(22)29/h2-13,26H,14H2,1H3,(H2,27,28,30). The molecule has 0 bridgehead atoms. The molecule has 0 radical (unpaired) electrons. The molecule has 4 aromatic rings. The third-order valence-electron chi connectivity index (χ3n) is 4.79. The maximum atomic E-state index is 12.7. The lowest BCUT2D eigenvalue weighted by molar-refractivity contribution is 0.262. The molecule has 0 saturated carbocycles. The molecule has 0 aliphatic rings. The van der Waals surface area contributed by atoms with Crippen LogP contribution in [0.15, 0.2) is 82.0 Å². The quantitative estimate of drug-likeness (QED) is 0.336. The van der Waals surface area contributed by atoms with Crippen LogP contribution in [0.3, 0.4) is 0 Å². The molecular formula is C24H20ClN3O3. The van der Waals surface area contributed by atoms with Crippen LogP contribution in [0.2, 0.25) is 5.02 Å². The van der Waals surface area contributed by atoms with Crippen molar-refractivity contribution in [3.05, 3.63) is 99.4 Å².